The van der Waals surface area contributed by atoms with E-state index in [1.807, 2.05) is 20.8 Å². The van der Waals surface area contributed by atoms with Gasteiger partial charge in [-0.3, -0.25) is 29.0 Å². The van der Waals surface area contributed by atoms with Crippen molar-refractivity contribution in [2.45, 2.75) is 136 Å². The molecule has 17 heteroatoms. The highest BCUT2D eigenvalue weighted by Gasteiger charge is 2.41. The molecule has 1 aromatic rings. The number of likely N-dealkylation sites (tertiary alicyclic amines) is 1. The van der Waals surface area contributed by atoms with Gasteiger partial charge in [-0.25, -0.2) is 4.79 Å². The van der Waals surface area contributed by atoms with Gasteiger partial charge in [-0.2, -0.15) is 0 Å². The average molecular weight is 845 g/mol. The fraction of sp³-hybridized carbons (Fsp3) is 0.698. The maximum atomic E-state index is 14.3. The Hall–Kier alpha value is -4.93. The number of aliphatic imine (C=N–C) groups is 1. The van der Waals surface area contributed by atoms with Gasteiger partial charge in [0, 0.05) is 25.4 Å². The molecule has 0 spiro atoms. The number of nitrogens with two attached hydrogens (primary N) is 2. The van der Waals surface area contributed by atoms with Gasteiger partial charge in [0.05, 0.1) is 27.7 Å². The smallest absolute Gasteiger partial charge is 0.326 e. The highest BCUT2D eigenvalue weighted by Crippen LogP contribution is 2.23. The number of hydrogen-bond donors (Lipinski definition) is 8. The molecular weight excluding hydrogens is 771 g/mol. The van der Waals surface area contributed by atoms with Crippen molar-refractivity contribution in [2.24, 2.45) is 33.7 Å². The highest BCUT2D eigenvalue weighted by molar-refractivity contribution is 5.96. The molecule has 1 saturated heterocycles. The molecule has 0 aromatic heterocycles. The van der Waals surface area contributed by atoms with Gasteiger partial charge in [0.15, 0.2) is 5.96 Å². The Bertz CT molecular complexity index is 1620. The predicted octanol–water partition coefficient (Wildman–Crippen LogP) is 2.00. The van der Waals surface area contributed by atoms with Crippen molar-refractivity contribution < 1.29 is 43.5 Å². The Morgan fingerprint density at radius 2 is 1.47 bits per heavy atom. The van der Waals surface area contributed by atoms with Gasteiger partial charge in [-0.15, -0.1) is 0 Å². The molecule has 1 aliphatic heterocycles. The second kappa shape index (κ2) is 23.8. The van der Waals surface area contributed by atoms with E-state index in [1.54, 1.807) is 32.9 Å². The van der Waals surface area contributed by atoms with Gasteiger partial charge in [-0.1, -0.05) is 60.1 Å². The number of guanidine groups is 1. The molecule has 0 unspecified atom stereocenters. The number of quaternary nitrogens is 1. The Balaban J connectivity index is 2.33. The summed E-state index contributed by atoms with van der Waals surface area (Å²) in [7, 11) is 6.43. The molecule has 338 valence electrons. The van der Waals surface area contributed by atoms with E-state index < -0.39 is 65.2 Å². The molecule has 0 bridgehead atoms. The minimum Gasteiger partial charge on any atom is -0.508 e. The number of phenolic OH excluding ortho intramolecular Hbond substituents is 1. The molecule has 2 rings (SSSR count). The number of benzene rings is 1. The van der Waals surface area contributed by atoms with E-state index in [0.717, 1.165) is 30.3 Å². The third kappa shape index (κ3) is 18.1. The van der Waals surface area contributed by atoms with E-state index in [-0.39, 0.29) is 61.8 Å². The summed E-state index contributed by atoms with van der Waals surface area (Å²) in [5, 5.41) is 30.8. The minimum atomic E-state index is -1.23. The van der Waals surface area contributed by atoms with Gasteiger partial charge in [0.1, 0.15) is 36.0 Å². The number of aromatic hydroxyl groups is 1. The van der Waals surface area contributed by atoms with Gasteiger partial charge >= 0.3 is 5.97 Å². The molecule has 0 aliphatic carbocycles. The van der Waals surface area contributed by atoms with Crippen molar-refractivity contribution in [3.63, 3.8) is 0 Å². The molecule has 1 heterocycles. The number of phenols is 1. The third-order valence-electron chi connectivity index (χ3n) is 10.6. The summed E-state index contributed by atoms with van der Waals surface area (Å²) in [6.45, 7) is 12.2. The van der Waals surface area contributed by atoms with Crippen molar-refractivity contribution in [1.82, 2.24) is 26.2 Å². The zero-order valence-corrected chi connectivity index (χ0v) is 37.4. The fourth-order valence-electron chi connectivity index (χ4n) is 7.13. The third-order valence-corrected chi connectivity index (χ3v) is 10.6. The van der Waals surface area contributed by atoms with E-state index in [4.69, 9.17) is 11.5 Å². The Kier molecular flexibility index (Phi) is 20.3. The number of rotatable bonds is 24. The molecule has 5 amide bonds. The summed E-state index contributed by atoms with van der Waals surface area (Å²) < 4.78 is 0.868. The fourth-order valence-corrected chi connectivity index (χ4v) is 7.13. The number of carboxylic acid groups (broad SMARTS) is 1. The van der Waals surface area contributed by atoms with Gasteiger partial charge in [0.25, 0.3) is 0 Å². The number of unbranched alkanes of at least 4 members (excludes halogenated alkanes) is 2. The van der Waals surface area contributed by atoms with Crippen LogP contribution in [0.2, 0.25) is 0 Å². The molecular formula is C43H74N9O8+. The summed E-state index contributed by atoms with van der Waals surface area (Å²) in [6, 6.07) is 0.598. The van der Waals surface area contributed by atoms with Crippen LogP contribution in [0, 0.1) is 17.3 Å². The van der Waals surface area contributed by atoms with Crippen LogP contribution in [-0.2, 0) is 35.2 Å². The Labute approximate surface area is 356 Å². The normalized spacial score (nSPS) is 16.8. The van der Waals surface area contributed by atoms with Crippen molar-refractivity contribution >= 4 is 41.5 Å². The molecule has 0 saturated carbocycles. The standard InChI is InChI=1S/C43H73N9O8/c1-27(2)25-33(41(59)60)49-39(57)35(43(4,5)6)50-37(55)32(26-29-18-20-30(53)21-19-29)48-38(56)34-17-14-23-51(34)40(58)31(16-13-22-46-42(44)45)47-36(54)28(3)15-11-10-12-24-52(7,8)9/h18-21,27-28,31-35H,10-17,22-26H2,1-9H3,(H9-,44,45,46,47,48,49,50,53,54,55,56,57,59,60)/p+1/t28-,31-,32-,33-,34-,35+/m0/s1. The van der Waals surface area contributed by atoms with E-state index in [9.17, 15) is 39.0 Å². The van der Waals surface area contributed by atoms with Gasteiger partial charge in [0.2, 0.25) is 29.5 Å². The van der Waals surface area contributed by atoms with Crippen molar-refractivity contribution in [3.05, 3.63) is 29.8 Å². The predicted molar refractivity (Wildman–Crippen MR) is 231 cm³/mol. The summed E-state index contributed by atoms with van der Waals surface area (Å²) in [4.78, 5) is 87.1. The number of amides is 5. The van der Waals surface area contributed by atoms with Crippen LogP contribution in [0.25, 0.3) is 0 Å². The van der Waals surface area contributed by atoms with Crippen LogP contribution in [0.15, 0.2) is 29.3 Å². The number of aliphatic carboxylic acids is 1. The number of nitrogens with one attached hydrogen (secondary N) is 4. The van der Waals surface area contributed by atoms with E-state index in [2.05, 4.69) is 47.4 Å². The zero-order valence-electron chi connectivity index (χ0n) is 37.4. The average Bonchev–Trinajstić information content (AvgIpc) is 3.64. The highest BCUT2D eigenvalue weighted by atomic mass is 16.4. The largest absolute Gasteiger partial charge is 0.508 e. The topological polar surface area (TPSA) is 259 Å². The first-order valence-corrected chi connectivity index (χ1v) is 21.3. The van der Waals surface area contributed by atoms with Crippen LogP contribution < -0.4 is 32.7 Å². The van der Waals surface area contributed by atoms with Crippen molar-refractivity contribution in [1.29, 1.82) is 0 Å². The zero-order chi connectivity index (χ0) is 45.4. The van der Waals surface area contributed by atoms with Crippen LogP contribution in [0.4, 0.5) is 0 Å². The minimum absolute atomic E-state index is 0.00701. The molecule has 1 fully saturated rings. The van der Waals surface area contributed by atoms with Crippen LogP contribution >= 0.6 is 0 Å². The summed E-state index contributed by atoms with van der Waals surface area (Å²) in [5.74, 6) is -4.32. The van der Waals surface area contributed by atoms with Crippen LogP contribution in [0.5, 0.6) is 5.75 Å². The summed E-state index contributed by atoms with van der Waals surface area (Å²) >= 11 is 0. The SMILES string of the molecule is CC(C)C[C@H](NC(=O)[C@@H](NC(=O)[C@H](Cc1ccc(O)cc1)NC(=O)[C@@H]1CCCN1C(=O)[C@H](CCCN=C(N)N)NC(=O)[C@@H](C)CCCCC[N+](C)(C)C)C(C)(C)C)C(=O)O. The lowest BCUT2D eigenvalue weighted by atomic mass is 9.85. The Morgan fingerprint density at radius 1 is 0.833 bits per heavy atom. The quantitative estimate of drug-likeness (QED) is 0.0325. The summed E-state index contributed by atoms with van der Waals surface area (Å²) in [5.41, 5.74) is 10.8. The monoisotopic (exact) mass is 845 g/mol. The van der Waals surface area contributed by atoms with Gasteiger partial charge in [-0.05, 0) is 80.4 Å². The molecule has 1 aliphatic rings. The molecule has 60 heavy (non-hydrogen) atoms. The number of carbonyl (C=O) groups is 6. The van der Waals surface area contributed by atoms with E-state index in [0.29, 0.717) is 31.2 Å². The van der Waals surface area contributed by atoms with Crippen LogP contribution in [-0.4, -0.2) is 132 Å². The Morgan fingerprint density at radius 3 is 2.03 bits per heavy atom. The van der Waals surface area contributed by atoms with Crippen molar-refractivity contribution in [2.75, 3.05) is 40.8 Å². The lowest BCUT2D eigenvalue weighted by molar-refractivity contribution is -0.870. The molecule has 0 radical (unpaired) electrons. The molecule has 6 atom stereocenters. The first kappa shape index (κ1) is 51.2. The molecule has 10 N–H and O–H groups in total. The summed E-state index contributed by atoms with van der Waals surface area (Å²) in [6.07, 6.45) is 5.13. The first-order chi connectivity index (χ1) is 27.9. The second-order valence-corrected chi connectivity index (χ2v) is 18.7. The number of carboxylic acids is 1. The lowest BCUT2D eigenvalue weighted by Crippen LogP contribution is -2.61. The van der Waals surface area contributed by atoms with Crippen LogP contribution in [0.3, 0.4) is 0 Å². The number of hydrogen-bond acceptors (Lipinski definition) is 8. The van der Waals surface area contributed by atoms with Gasteiger partial charge < -0.3 is 52.3 Å². The molecule has 1 aromatic carbocycles. The number of carbonyl (C=O) groups excluding carboxylic acids is 5. The van der Waals surface area contributed by atoms with Crippen LogP contribution in [0.1, 0.15) is 105 Å². The first-order valence-electron chi connectivity index (χ1n) is 21.3. The second-order valence-electron chi connectivity index (χ2n) is 18.7. The lowest BCUT2D eigenvalue weighted by Gasteiger charge is -2.33. The van der Waals surface area contributed by atoms with E-state index in [1.165, 1.54) is 17.0 Å². The van der Waals surface area contributed by atoms with Crippen molar-refractivity contribution in [3.8, 4) is 5.75 Å². The maximum Gasteiger partial charge on any atom is 0.326 e. The molecule has 17 nitrogen and oxygen atoms in total. The van der Waals surface area contributed by atoms with E-state index >= 15 is 0 Å². The number of nitrogens with zero attached hydrogens (tertiary/aromatic N) is 3. The maximum absolute atomic E-state index is 14.3.